The lowest BCUT2D eigenvalue weighted by atomic mass is 10.2. The van der Waals surface area contributed by atoms with Crippen molar-refractivity contribution in [2.45, 2.75) is 13.0 Å². The van der Waals surface area contributed by atoms with Crippen LogP contribution in [0.5, 0.6) is 0 Å². The molecule has 0 radical (unpaired) electrons. The second kappa shape index (κ2) is 3.61. The van der Waals surface area contributed by atoms with Crippen LogP contribution in [0.15, 0.2) is 6.07 Å². The van der Waals surface area contributed by atoms with Crippen LogP contribution in [0.3, 0.4) is 0 Å². The maximum Gasteiger partial charge on any atom is 0.282 e. The summed E-state index contributed by atoms with van der Waals surface area (Å²) in [6.45, 7) is -0.0923. The Morgan fingerprint density at radius 3 is 2.54 bits per heavy atom. The molecule has 1 rings (SSSR count). The molecule has 0 bridgehead atoms. The minimum atomic E-state index is -2.89. The van der Waals surface area contributed by atoms with E-state index in [4.69, 9.17) is 11.5 Å². The van der Waals surface area contributed by atoms with Gasteiger partial charge in [-0.05, 0) is 11.6 Å². The Hall–Kier alpha value is -1.30. The van der Waals surface area contributed by atoms with E-state index in [1.807, 2.05) is 0 Å². The molecular weight excluding hydrogens is 183 g/mol. The predicted octanol–water partition coefficient (Wildman–Crippen LogP) is 1.20. The van der Waals surface area contributed by atoms with Gasteiger partial charge in [0.1, 0.15) is 5.69 Å². The summed E-state index contributed by atoms with van der Waals surface area (Å²) in [7, 11) is 0. The Balaban J connectivity index is 3.27. The van der Waals surface area contributed by atoms with E-state index >= 15 is 0 Å². The van der Waals surface area contributed by atoms with E-state index < -0.39 is 18.1 Å². The van der Waals surface area contributed by atoms with Crippen LogP contribution in [0.25, 0.3) is 0 Å². The van der Waals surface area contributed by atoms with Crippen LogP contribution in [-0.2, 0) is 6.54 Å². The minimum Gasteiger partial charge on any atom is -0.397 e. The number of halogens is 3. The molecular formula is C7H8F3N3. The number of nitrogen functional groups attached to an aromatic ring is 1. The van der Waals surface area contributed by atoms with Gasteiger partial charge in [-0.3, -0.25) is 0 Å². The molecule has 4 N–H and O–H groups in total. The SMILES string of the molecule is NCc1cc(F)nc(C(F)F)c1N. The third-order valence-corrected chi connectivity index (χ3v) is 1.57. The molecule has 0 fully saturated rings. The normalized spacial score (nSPS) is 10.8. The van der Waals surface area contributed by atoms with Crippen LogP contribution in [0.1, 0.15) is 17.7 Å². The third kappa shape index (κ3) is 1.89. The average Bonchev–Trinajstić information content (AvgIpc) is 2.08. The number of hydrogen-bond donors (Lipinski definition) is 2. The molecule has 72 valence electrons. The van der Waals surface area contributed by atoms with Gasteiger partial charge in [-0.1, -0.05) is 0 Å². The highest BCUT2D eigenvalue weighted by molar-refractivity contribution is 5.51. The molecule has 1 aromatic heterocycles. The molecule has 0 saturated heterocycles. The first-order chi connectivity index (χ1) is 6.06. The quantitative estimate of drug-likeness (QED) is 0.690. The monoisotopic (exact) mass is 191 g/mol. The molecule has 0 atom stereocenters. The van der Waals surface area contributed by atoms with Crippen LogP contribution in [0, 0.1) is 5.95 Å². The maximum atomic E-state index is 12.6. The van der Waals surface area contributed by atoms with Crippen LogP contribution >= 0.6 is 0 Å². The highest BCUT2D eigenvalue weighted by Gasteiger charge is 2.17. The van der Waals surface area contributed by atoms with Gasteiger partial charge in [0.25, 0.3) is 6.43 Å². The van der Waals surface area contributed by atoms with Crippen molar-refractivity contribution in [1.82, 2.24) is 4.98 Å². The van der Waals surface area contributed by atoms with E-state index in [9.17, 15) is 13.2 Å². The summed E-state index contributed by atoms with van der Waals surface area (Å²) in [5.74, 6) is -0.995. The summed E-state index contributed by atoms with van der Waals surface area (Å²) in [6, 6.07) is 0.946. The molecule has 0 amide bonds. The van der Waals surface area contributed by atoms with Crippen molar-refractivity contribution in [2.24, 2.45) is 5.73 Å². The number of rotatable bonds is 2. The Kier molecular flexibility index (Phi) is 2.72. The summed E-state index contributed by atoms with van der Waals surface area (Å²) in [5, 5.41) is 0. The van der Waals surface area contributed by atoms with Gasteiger partial charge < -0.3 is 11.5 Å². The van der Waals surface area contributed by atoms with Crippen molar-refractivity contribution < 1.29 is 13.2 Å². The Morgan fingerprint density at radius 2 is 2.08 bits per heavy atom. The van der Waals surface area contributed by atoms with Crippen LogP contribution < -0.4 is 11.5 Å². The fraction of sp³-hybridized carbons (Fsp3) is 0.286. The van der Waals surface area contributed by atoms with Gasteiger partial charge >= 0.3 is 0 Å². The van der Waals surface area contributed by atoms with Crippen molar-refractivity contribution in [2.75, 3.05) is 5.73 Å². The summed E-state index contributed by atoms with van der Waals surface area (Å²) >= 11 is 0. The molecule has 1 heterocycles. The molecule has 0 saturated carbocycles. The van der Waals surface area contributed by atoms with Crippen molar-refractivity contribution in [3.8, 4) is 0 Å². The molecule has 0 aliphatic rings. The number of nitrogens with zero attached hydrogens (tertiary/aromatic N) is 1. The molecule has 0 aliphatic heterocycles. The lowest BCUT2D eigenvalue weighted by Crippen LogP contribution is -2.08. The average molecular weight is 191 g/mol. The Bertz CT molecular complexity index is 314. The maximum absolute atomic E-state index is 12.6. The fourth-order valence-corrected chi connectivity index (χ4v) is 0.929. The summed E-state index contributed by atoms with van der Waals surface area (Å²) in [5.41, 5.74) is 9.60. The third-order valence-electron chi connectivity index (χ3n) is 1.57. The molecule has 0 aromatic carbocycles. The first-order valence-corrected chi connectivity index (χ1v) is 3.49. The predicted molar refractivity (Wildman–Crippen MR) is 41.5 cm³/mol. The van der Waals surface area contributed by atoms with Gasteiger partial charge in [-0.2, -0.15) is 4.39 Å². The van der Waals surface area contributed by atoms with Gasteiger partial charge in [-0.25, -0.2) is 13.8 Å². The Morgan fingerprint density at radius 1 is 1.46 bits per heavy atom. The first kappa shape index (κ1) is 9.79. The zero-order valence-electron chi connectivity index (χ0n) is 6.60. The van der Waals surface area contributed by atoms with E-state index in [1.54, 1.807) is 0 Å². The number of aromatic nitrogens is 1. The highest BCUT2D eigenvalue weighted by atomic mass is 19.3. The first-order valence-electron chi connectivity index (χ1n) is 3.49. The lowest BCUT2D eigenvalue weighted by molar-refractivity contribution is 0.145. The van der Waals surface area contributed by atoms with Crippen LogP contribution in [-0.4, -0.2) is 4.98 Å². The largest absolute Gasteiger partial charge is 0.397 e. The van der Waals surface area contributed by atoms with Crippen molar-refractivity contribution in [1.29, 1.82) is 0 Å². The molecule has 6 heteroatoms. The smallest absolute Gasteiger partial charge is 0.282 e. The minimum absolute atomic E-state index is 0.0923. The zero-order chi connectivity index (χ0) is 10.0. The standard InChI is InChI=1S/C7H8F3N3/c8-4-1-3(2-11)5(12)6(13-4)7(9)10/h1,7H,2,11-12H2. The van der Waals surface area contributed by atoms with E-state index in [0.717, 1.165) is 6.07 Å². The number of anilines is 1. The van der Waals surface area contributed by atoms with Gasteiger partial charge in [0, 0.05) is 6.54 Å². The van der Waals surface area contributed by atoms with Crippen molar-refractivity contribution in [3.63, 3.8) is 0 Å². The zero-order valence-corrected chi connectivity index (χ0v) is 6.60. The number of hydrogen-bond acceptors (Lipinski definition) is 3. The van der Waals surface area contributed by atoms with Gasteiger partial charge in [0.2, 0.25) is 5.95 Å². The summed E-state index contributed by atoms with van der Waals surface area (Å²) in [6.07, 6.45) is -2.89. The highest BCUT2D eigenvalue weighted by Crippen LogP contribution is 2.25. The van der Waals surface area contributed by atoms with Gasteiger partial charge in [0.15, 0.2) is 0 Å². The van der Waals surface area contributed by atoms with Crippen molar-refractivity contribution >= 4 is 5.69 Å². The fourth-order valence-electron chi connectivity index (χ4n) is 0.929. The van der Waals surface area contributed by atoms with Crippen LogP contribution in [0.2, 0.25) is 0 Å². The second-order valence-electron chi connectivity index (χ2n) is 2.41. The number of pyridine rings is 1. The molecule has 13 heavy (non-hydrogen) atoms. The molecule has 0 spiro atoms. The van der Waals surface area contributed by atoms with E-state index in [2.05, 4.69) is 4.98 Å². The Labute approximate surface area is 72.6 Å². The van der Waals surface area contributed by atoms with Crippen molar-refractivity contribution in [3.05, 3.63) is 23.3 Å². The second-order valence-corrected chi connectivity index (χ2v) is 2.41. The molecule has 0 unspecified atom stereocenters. The van der Waals surface area contributed by atoms with Crippen LogP contribution in [0.4, 0.5) is 18.9 Å². The van der Waals surface area contributed by atoms with Gasteiger partial charge in [0.05, 0.1) is 5.69 Å². The molecule has 3 nitrogen and oxygen atoms in total. The van der Waals surface area contributed by atoms with Gasteiger partial charge in [-0.15, -0.1) is 0 Å². The molecule has 1 aromatic rings. The molecule has 0 aliphatic carbocycles. The van der Waals surface area contributed by atoms with E-state index in [1.165, 1.54) is 0 Å². The number of alkyl halides is 2. The number of nitrogens with two attached hydrogens (primary N) is 2. The summed E-state index contributed by atoms with van der Waals surface area (Å²) < 4.78 is 36.9. The lowest BCUT2D eigenvalue weighted by Gasteiger charge is -2.07. The van der Waals surface area contributed by atoms with E-state index in [0.29, 0.717) is 0 Å². The topological polar surface area (TPSA) is 64.9 Å². The summed E-state index contributed by atoms with van der Waals surface area (Å²) in [4.78, 5) is 2.98. The van der Waals surface area contributed by atoms with E-state index in [-0.39, 0.29) is 17.8 Å².